The molecule has 0 atom stereocenters. The maximum Gasteiger partial charge on any atom is 0.490 e. The molecule has 1 fully saturated rings. The molecule has 1 aromatic heterocycles. The van der Waals surface area contributed by atoms with E-state index in [4.69, 9.17) is 19.4 Å². The zero-order chi connectivity index (χ0) is 16.3. The smallest absolute Gasteiger partial charge is 0.481 e. The molecule has 10 heteroatoms. The van der Waals surface area contributed by atoms with E-state index in [1.165, 1.54) is 0 Å². The van der Waals surface area contributed by atoms with Gasteiger partial charge < -0.3 is 19.9 Å². The second-order valence-electron chi connectivity index (χ2n) is 4.66. The molecule has 1 aromatic rings. The maximum atomic E-state index is 10.6. The molecule has 0 saturated carbocycles. The minimum absolute atomic E-state index is 0.352. The number of aliphatic carboxylic acids is 1. The maximum absolute atomic E-state index is 10.6. The number of carbonyl (C=O) groups is 1. The van der Waals surface area contributed by atoms with Crippen molar-refractivity contribution in [3.05, 3.63) is 17.1 Å². The van der Waals surface area contributed by atoms with Crippen LogP contribution in [0, 0.1) is 0 Å². The van der Waals surface area contributed by atoms with Crippen LogP contribution in [-0.2, 0) is 22.6 Å². The molecular weight excluding hydrogens is 307 g/mol. The van der Waals surface area contributed by atoms with Gasteiger partial charge in [0, 0.05) is 13.1 Å². The molecule has 0 amide bonds. The predicted molar refractivity (Wildman–Crippen MR) is 66.4 cm³/mol. The Bertz CT molecular complexity index is 561. The Morgan fingerprint density at radius 3 is 2.45 bits per heavy atom. The van der Waals surface area contributed by atoms with Crippen molar-refractivity contribution in [1.82, 2.24) is 15.3 Å². The second kappa shape index (κ2) is 6.44. The number of carboxylic acids is 1. The molecule has 0 unspecified atom stereocenters. The first-order valence-electron chi connectivity index (χ1n) is 6.35. The standard InChI is InChI=1S/C10H13N3O2.C2HF3O2/c1-14-10-7-2-11-3-8(7)12-9(13-10)6-4-15-5-6;3-2(4,5)1(6)7/h6,11H,2-5H2,1H3;(H,6,7). The number of nitrogens with zero attached hydrogens (tertiary/aromatic N) is 2. The number of rotatable bonds is 2. The average molecular weight is 321 g/mol. The molecular formula is C12H14F3N3O4. The molecule has 0 aliphatic carbocycles. The van der Waals surface area contributed by atoms with Crippen molar-refractivity contribution in [1.29, 1.82) is 0 Å². The van der Waals surface area contributed by atoms with Crippen LogP contribution in [0.25, 0.3) is 0 Å². The molecule has 1 saturated heterocycles. The Morgan fingerprint density at radius 2 is 2.00 bits per heavy atom. The summed E-state index contributed by atoms with van der Waals surface area (Å²) in [5.74, 6) is -0.829. The molecule has 7 nitrogen and oxygen atoms in total. The number of halogens is 3. The van der Waals surface area contributed by atoms with Crippen molar-refractivity contribution in [2.24, 2.45) is 0 Å². The van der Waals surface area contributed by atoms with Crippen LogP contribution in [0.2, 0.25) is 0 Å². The number of ether oxygens (including phenoxy) is 2. The van der Waals surface area contributed by atoms with E-state index >= 15 is 0 Å². The number of alkyl halides is 3. The lowest BCUT2D eigenvalue weighted by Gasteiger charge is -2.25. The van der Waals surface area contributed by atoms with Crippen molar-refractivity contribution < 1.29 is 32.5 Å². The van der Waals surface area contributed by atoms with Crippen LogP contribution >= 0.6 is 0 Å². The summed E-state index contributed by atoms with van der Waals surface area (Å²) in [5.41, 5.74) is 2.17. The predicted octanol–water partition coefficient (Wildman–Crippen LogP) is 0.835. The summed E-state index contributed by atoms with van der Waals surface area (Å²) in [6.07, 6.45) is -5.08. The molecule has 3 rings (SSSR count). The van der Waals surface area contributed by atoms with Gasteiger partial charge in [0.25, 0.3) is 0 Å². The number of hydrogen-bond acceptors (Lipinski definition) is 6. The topological polar surface area (TPSA) is 93.6 Å². The molecule has 0 spiro atoms. The van der Waals surface area contributed by atoms with Gasteiger partial charge in [-0.15, -0.1) is 0 Å². The van der Waals surface area contributed by atoms with Crippen LogP contribution < -0.4 is 10.1 Å². The molecule has 0 aromatic carbocycles. The Morgan fingerprint density at radius 1 is 1.36 bits per heavy atom. The van der Waals surface area contributed by atoms with Crippen molar-refractivity contribution in [3.8, 4) is 5.88 Å². The van der Waals surface area contributed by atoms with Gasteiger partial charge >= 0.3 is 12.1 Å². The van der Waals surface area contributed by atoms with Gasteiger partial charge in [0.05, 0.1) is 37.5 Å². The molecule has 3 heterocycles. The lowest BCUT2D eigenvalue weighted by atomic mass is 10.1. The fourth-order valence-electron chi connectivity index (χ4n) is 1.89. The summed E-state index contributed by atoms with van der Waals surface area (Å²) < 4.78 is 42.2. The second-order valence-corrected chi connectivity index (χ2v) is 4.66. The molecule has 0 radical (unpaired) electrons. The quantitative estimate of drug-likeness (QED) is 0.833. The zero-order valence-corrected chi connectivity index (χ0v) is 11.6. The Kier molecular flexibility index (Phi) is 4.81. The molecule has 0 bridgehead atoms. The number of methoxy groups -OCH3 is 1. The van der Waals surface area contributed by atoms with Gasteiger partial charge in [-0.2, -0.15) is 18.2 Å². The van der Waals surface area contributed by atoms with Crippen molar-refractivity contribution in [3.63, 3.8) is 0 Å². The van der Waals surface area contributed by atoms with Gasteiger partial charge in [0.1, 0.15) is 5.82 Å². The molecule has 2 N–H and O–H groups in total. The fraction of sp³-hybridized carbons (Fsp3) is 0.583. The van der Waals surface area contributed by atoms with Crippen LogP contribution in [0.15, 0.2) is 0 Å². The van der Waals surface area contributed by atoms with E-state index in [9.17, 15) is 13.2 Å². The Labute approximate surface area is 123 Å². The van der Waals surface area contributed by atoms with Gasteiger partial charge in [-0.3, -0.25) is 0 Å². The van der Waals surface area contributed by atoms with Crippen LogP contribution in [-0.4, -0.2) is 47.5 Å². The number of carboxylic acid groups (broad SMARTS) is 1. The van der Waals surface area contributed by atoms with Gasteiger partial charge in [-0.25, -0.2) is 9.78 Å². The van der Waals surface area contributed by atoms with Crippen LogP contribution in [0.3, 0.4) is 0 Å². The van der Waals surface area contributed by atoms with Crippen molar-refractivity contribution >= 4 is 5.97 Å². The first-order valence-corrected chi connectivity index (χ1v) is 6.35. The number of nitrogens with one attached hydrogen (secondary N) is 1. The van der Waals surface area contributed by atoms with E-state index in [2.05, 4.69) is 15.3 Å². The number of hydrogen-bond donors (Lipinski definition) is 2. The summed E-state index contributed by atoms with van der Waals surface area (Å²) >= 11 is 0. The SMILES string of the molecule is COc1nc(C2COC2)nc2c1CNC2.O=C(O)C(F)(F)F. The summed E-state index contributed by atoms with van der Waals surface area (Å²) in [6, 6.07) is 0. The lowest BCUT2D eigenvalue weighted by molar-refractivity contribution is -0.192. The lowest BCUT2D eigenvalue weighted by Crippen LogP contribution is -2.27. The van der Waals surface area contributed by atoms with Crippen LogP contribution in [0.5, 0.6) is 5.88 Å². The monoisotopic (exact) mass is 321 g/mol. The third kappa shape index (κ3) is 3.63. The third-order valence-corrected chi connectivity index (χ3v) is 3.11. The van der Waals surface area contributed by atoms with E-state index in [0.29, 0.717) is 11.8 Å². The van der Waals surface area contributed by atoms with Crippen LogP contribution in [0.1, 0.15) is 23.0 Å². The largest absolute Gasteiger partial charge is 0.490 e. The number of aromatic nitrogens is 2. The van der Waals surface area contributed by atoms with Gasteiger partial charge in [-0.05, 0) is 0 Å². The third-order valence-electron chi connectivity index (χ3n) is 3.11. The normalized spacial score (nSPS) is 17.1. The van der Waals surface area contributed by atoms with Crippen molar-refractivity contribution in [2.75, 3.05) is 20.3 Å². The molecule has 122 valence electrons. The van der Waals surface area contributed by atoms with E-state index in [0.717, 1.165) is 43.4 Å². The van der Waals surface area contributed by atoms with E-state index < -0.39 is 12.1 Å². The fourth-order valence-corrected chi connectivity index (χ4v) is 1.89. The van der Waals surface area contributed by atoms with E-state index in [-0.39, 0.29) is 0 Å². The zero-order valence-electron chi connectivity index (χ0n) is 11.6. The summed E-state index contributed by atoms with van der Waals surface area (Å²) in [6.45, 7) is 3.08. The van der Waals surface area contributed by atoms with Crippen LogP contribution in [0.4, 0.5) is 13.2 Å². The highest BCUT2D eigenvalue weighted by molar-refractivity contribution is 5.73. The molecule has 22 heavy (non-hydrogen) atoms. The van der Waals surface area contributed by atoms with E-state index in [1.54, 1.807) is 7.11 Å². The number of fused-ring (bicyclic) bond motifs is 1. The summed E-state index contributed by atoms with van der Waals surface area (Å²) in [7, 11) is 1.65. The highest BCUT2D eigenvalue weighted by atomic mass is 19.4. The Balaban J connectivity index is 0.000000217. The first-order chi connectivity index (χ1) is 10.3. The minimum atomic E-state index is -5.08. The van der Waals surface area contributed by atoms with Crippen molar-refractivity contribution in [2.45, 2.75) is 25.2 Å². The van der Waals surface area contributed by atoms with E-state index in [1.807, 2.05) is 0 Å². The minimum Gasteiger partial charge on any atom is -0.481 e. The highest BCUT2D eigenvalue weighted by Gasteiger charge is 2.38. The van der Waals surface area contributed by atoms with Gasteiger partial charge in [-0.1, -0.05) is 0 Å². The van der Waals surface area contributed by atoms with Gasteiger partial charge in [0.15, 0.2) is 0 Å². The molecule has 2 aliphatic rings. The first kappa shape index (κ1) is 16.4. The average Bonchev–Trinajstić information content (AvgIpc) is 2.83. The summed E-state index contributed by atoms with van der Waals surface area (Å²) in [5, 5.41) is 10.4. The summed E-state index contributed by atoms with van der Waals surface area (Å²) in [4.78, 5) is 17.9. The Hall–Kier alpha value is -1.94. The van der Waals surface area contributed by atoms with Gasteiger partial charge in [0.2, 0.25) is 5.88 Å². The molecule has 2 aliphatic heterocycles. The highest BCUT2D eigenvalue weighted by Crippen LogP contribution is 2.28.